The topological polar surface area (TPSA) is 38.1 Å². The fourth-order valence-corrected chi connectivity index (χ4v) is 4.19. The highest BCUT2D eigenvalue weighted by molar-refractivity contribution is 6.00. The number of fused-ring (bicyclic) bond motifs is 1. The van der Waals surface area contributed by atoms with Gasteiger partial charge in [-0.3, -0.25) is 9.48 Å². The van der Waals surface area contributed by atoms with Crippen LogP contribution in [0.4, 0.5) is 0 Å². The molecule has 2 aromatic rings. The quantitative estimate of drug-likeness (QED) is 0.820. The van der Waals surface area contributed by atoms with Crippen LogP contribution in [-0.4, -0.2) is 27.1 Å². The van der Waals surface area contributed by atoms with Gasteiger partial charge in [-0.15, -0.1) is 0 Å². The third kappa shape index (κ3) is 2.90. The second kappa shape index (κ2) is 6.51. The average molecular weight is 335 g/mol. The molecule has 1 aliphatic heterocycles. The minimum atomic E-state index is 0.0986. The predicted molar refractivity (Wildman–Crippen MR) is 99.1 cm³/mol. The summed E-state index contributed by atoms with van der Waals surface area (Å²) in [5.74, 6) is 0.660. The lowest BCUT2D eigenvalue weighted by Crippen LogP contribution is -2.39. The van der Waals surface area contributed by atoms with E-state index in [0.717, 1.165) is 30.6 Å². The monoisotopic (exact) mass is 335 g/mol. The Morgan fingerprint density at radius 2 is 1.92 bits per heavy atom. The summed E-state index contributed by atoms with van der Waals surface area (Å²) in [6.07, 6.45) is 9.87. The van der Waals surface area contributed by atoms with Gasteiger partial charge in [0.1, 0.15) is 0 Å². The highest BCUT2D eigenvalue weighted by atomic mass is 16.2. The van der Waals surface area contributed by atoms with E-state index < -0.39 is 0 Å². The zero-order valence-corrected chi connectivity index (χ0v) is 15.0. The number of hydrogen-bond acceptors (Lipinski definition) is 2. The van der Waals surface area contributed by atoms with Gasteiger partial charge in [-0.05, 0) is 44.9 Å². The van der Waals surface area contributed by atoms with Gasteiger partial charge in [0.05, 0.1) is 17.5 Å². The molecule has 1 atom stereocenters. The van der Waals surface area contributed by atoms with Crippen molar-refractivity contribution in [1.29, 1.82) is 0 Å². The zero-order valence-electron chi connectivity index (χ0n) is 15.0. The molecular weight excluding hydrogens is 310 g/mol. The van der Waals surface area contributed by atoms with Crippen LogP contribution in [0, 0.1) is 12.8 Å². The average Bonchev–Trinajstić information content (AvgIpc) is 3.03. The molecule has 1 aromatic heterocycles. The standard InChI is InChI=1S/C21H25N3O/c1-15-9-11-17(12-10-15)20-18(14-22-23(20)2)21(25)24-13-5-7-16-6-3-4-8-19(16)24/h8-12,14,16H,3-7,13H2,1-2H3. The second-order valence-corrected chi connectivity index (χ2v) is 7.25. The highest BCUT2D eigenvalue weighted by Crippen LogP contribution is 2.36. The Balaban J connectivity index is 1.71. The van der Waals surface area contributed by atoms with Crippen molar-refractivity contribution >= 4 is 5.91 Å². The number of aryl methyl sites for hydroxylation is 2. The molecule has 4 heteroatoms. The summed E-state index contributed by atoms with van der Waals surface area (Å²) in [5, 5.41) is 4.39. The number of rotatable bonds is 2. The fourth-order valence-electron chi connectivity index (χ4n) is 4.19. The highest BCUT2D eigenvalue weighted by Gasteiger charge is 2.32. The Labute approximate surface area is 149 Å². The zero-order chi connectivity index (χ0) is 17.4. The predicted octanol–water partition coefficient (Wildman–Crippen LogP) is 4.32. The van der Waals surface area contributed by atoms with Crippen molar-refractivity contribution in [3.05, 3.63) is 53.4 Å². The van der Waals surface area contributed by atoms with Crippen molar-refractivity contribution in [2.24, 2.45) is 13.0 Å². The van der Waals surface area contributed by atoms with Crippen LogP contribution >= 0.6 is 0 Å². The van der Waals surface area contributed by atoms with Crippen LogP contribution in [0.5, 0.6) is 0 Å². The molecule has 0 N–H and O–H groups in total. The maximum absolute atomic E-state index is 13.4. The SMILES string of the molecule is Cc1ccc(-c2c(C(=O)N3CCCC4CCCC=C43)cnn2C)cc1. The third-order valence-electron chi connectivity index (χ3n) is 5.51. The van der Waals surface area contributed by atoms with Crippen LogP contribution in [0.3, 0.4) is 0 Å². The fraction of sp³-hybridized carbons (Fsp3) is 0.429. The summed E-state index contributed by atoms with van der Waals surface area (Å²) < 4.78 is 1.81. The number of carbonyl (C=O) groups excluding carboxylic acids is 1. The van der Waals surface area contributed by atoms with Crippen LogP contribution in [0.2, 0.25) is 0 Å². The van der Waals surface area contributed by atoms with Gasteiger partial charge >= 0.3 is 0 Å². The first-order valence-electron chi connectivity index (χ1n) is 9.26. The van der Waals surface area contributed by atoms with Gasteiger partial charge < -0.3 is 4.90 Å². The van der Waals surface area contributed by atoms with Crippen molar-refractivity contribution in [1.82, 2.24) is 14.7 Å². The van der Waals surface area contributed by atoms with E-state index in [9.17, 15) is 4.79 Å². The van der Waals surface area contributed by atoms with Crippen LogP contribution < -0.4 is 0 Å². The molecule has 130 valence electrons. The van der Waals surface area contributed by atoms with Gasteiger partial charge in [0.15, 0.2) is 0 Å². The summed E-state index contributed by atoms with van der Waals surface area (Å²) in [6, 6.07) is 8.30. The Kier molecular flexibility index (Phi) is 4.20. The molecule has 2 aliphatic rings. The molecule has 2 heterocycles. The van der Waals surface area contributed by atoms with E-state index in [4.69, 9.17) is 0 Å². The van der Waals surface area contributed by atoms with Gasteiger partial charge in [-0.2, -0.15) is 5.10 Å². The maximum atomic E-state index is 13.4. The second-order valence-electron chi connectivity index (χ2n) is 7.25. The minimum absolute atomic E-state index is 0.0986. The van der Waals surface area contributed by atoms with Crippen molar-refractivity contribution in [3.8, 4) is 11.3 Å². The number of benzene rings is 1. The first kappa shape index (κ1) is 16.1. The van der Waals surface area contributed by atoms with Crippen molar-refractivity contribution < 1.29 is 4.79 Å². The van der Waals surface area contributed by atoms with Gasteiger partial charge in [0, 0.05) is 24.9 Å². The Bertz CT molecular complexity index is 816. The molecule has 0 saturated carbocycles. The molecule has 0 spiro atoms. The normalized spacial score (nSPS) is 20.2. The van der Waals surface area contributed by atoms with Crippen LogP contribution in [0.25, 0.3) is 11.3 Å². The largest absolute Gasteiger partial charge is 0.312 e. The smallest absolute Gasteiger partial charge is 0.261 e. The molecule has 1 aromatic carbocycles. The van der Waals surface area contributed by atoms with Gasteiger partial charge in [0.2, 0.25) is 0 Å². The van der Waals surface area contributed by atoms with E-state index in [2.05, 4.69) is 42.4 Å². The first-order chi connectivity index (χ1) is 12.1. The van der Waals surface area contributed by atoms with Crippen LogP contribution in [0.1, 0.15) is 48.0 Å². The van der Waals surface area contributed by atoms with E-state index in [1.807, 2.05) is 16.6 Å². The van der Waals surface area contributed by atoms with E-state index in [1.165, 1.54) is 30.5 Å². The van der Waals surface area contributed by atoms with Crippen LogP contribution in [0.15, 0.2) is 42.2 Å². The molecule has 1 saturated heterocycles. The van der Waals surface area contributed by atoms with E-state index in [-0.39, 0.29) is 5.91 Å². The van der Waals surface area contributed by atoms with E-state index >= 15 is 0 Å². The van der Waals surface area contributed by atoms with E-state index in [0.29, 0.717) is 11.5 Å². The van der Waals surface area contributed by atoms with Crippen molar-refractivity contribution in [2.75, 3.05) is 6.54 Å². The maximum Gasteiger partial charge on any atom is 0.261 e. The lowest BCUT2D eigenvalue weighted by Gasteiger charge is -2.38. The molecule has 1 unspecified atom stereocenters. The Hall–Kier alpha value is -2.36. The Morgan fingerprint density at radius 3 is 2.72 bits per heavy atom. The number of amides is 1. The molecule has 4 rings (SSSR count). The van der Waals surface area contributed by atoms with Gasteiger partial charge in [-0.1, -0.05) is 35.9 Å². The lowest BCUT2D eigenvalue weighted by molar-refractivity contribution is 0.0749. The molecular formula is C21H25N3O. The summed E-state index contributed by atoms with van der Waals surface area (Å²) in [6.45, 7) is 2.89. The molecule has 1 fully saturated rings. The lowest BCUT2D eigenvalue weighted by atomic mass is 9.84. The number of aromatic nitrogens is 2. The molecule has 25 heavy (non-hydrogen) atoms. The number of nitrogens with zero attached hydrogens (tertiary/aromatic N) is 3. The summed E-state index contributed by atoms with van der Waals surface area (Å²) in [5.41, 5.74) is 5.12. The number of piperidine rings is 1. The number of allylic oxidation sites excluding steroid dienone is 2. The number of carbonyl (C=O) groups is 1. The van der Waals surface area contributed by atoms with Crippen LogP contribution in [-0.2, 0) is 7.05 Å². The molecule has 4 nitrogen and oxygen atoms in total. The van der Waals surface area contributed by atoms with E-state index in [1.54, 1.807) is 6.20 Å². The van der Waals surface area contributed by atoms with Gasteiger partial charge in [-0.25, -0.2) is 0 Å². The molecule has 0 bridgehead atoms. The summed E-state index contributed by atoms with van der Waals surface area (Å²) >= 11 is 0. The minimum Gasteiger partial charge on any atom is -0.312 e. The molecule has 1 aliphatic carbocycles. The third-order valence-corrected chi connectivity index (χ3v) is 5.51. The summed E-state index contributed by atoms with van der Waals surface area (Å²) in [7, 11) is 1.91. The molecule has 1 amide bonds. The number of hydrogen-bond donors (Lipinski definition) is 0. The first-order valence-corrected chi connectivity index (χ1v) is 9.26. The van der Waals surface area contributed by atoms with Crippen molar-refractivity contribution in [3.63, 3.8) is 0 Å². The van der Waals surface area contributed by atoms with Gasteiger partial charge in [0.25, 0.3) is 5.91 Å². The van der Waals surface area contributed by atoms with Crippen molar-refractivity contribution in [2.45, 2.75) is 39.0 Å². The summed E-state index contributed by atoms with van der Waals surface area (Å²) in [4.78, 5) is 15.4. The number of likely N-dealkylation sites (tertiary alicyclic amines) is 1. The Morgan fingerprint density at radius 1 is 1.16 bits per heavy atom. The molecule has 0 radical (unpaired) electrons.